The molecule has 0 saturated heterocycles. The van der Waals surface area contributed by atoms with Crippen LogP contribution in [0.5, 0.6) is 11.5 Å². The minimum absolute atomic E-state index is 0.434. The molecule has 1 rings (SSSR count). The first-order valence-corrected chi connectivity index (χ1v) is 4.19. The fraction of sp³-hybridized carbons (Fsp3) is 0.222. The Bertz CT molecular complexity index is 352. The van der Waals surface area contributed by atoms with Gasteiger partial charge in [-0.2, -0.15) is 0 Å². The summed E-state index contributed by atoms with van der Waals surface area (Å²) < 4.78 is 10.1. The summed E-state index contributed by atoms with van der Waals surface area (Å²) in [7, 11) is 3.03. The van der Waals surface area contributed by atoms with Gasteiger partial charge in [0.25, 0.3) is 0 Å². The van der Waals surface area contributed by atoms with Gasteiger partial charge in [0.15, 0.2) is 0 Å². The molecule has 0 bridgehead atoms. The Morgan fingerprint density at radius 1 is 1.29 bits per heavy atom. The number of hydrogen-bond donors (Lipinski definition) is 1. The van der Waals surface area contributed by atoms with E-state index in [-0.39, 0.29) is 0 Å². The summed E-state index contributed by atoms with van der Waals surface area (Å²) in [6.07, 6.45) is 1.24. The van der Waals surface area contributed by atoms with Crippen molar-refractivity contribution in [2.45, 2.75) is 0 Å². The topological polar surface area (TPSA) is 51.0 Å². The molecule has 0 amide bonds. The Kier molecular flexibility index (Phi) is 3.59. The maximum Gasteiger partial charge on any atom is 0.141 e. The van der Waals surface area contributed by atoms with Crippen LogP contribution in [0.25, 0.3) is 0 Å². The molecule has 76 valence electrons. The lowest BCUT2D eigenvalue weighted by Crippen LogP contribution is -1.93. The van der Waals surface area contributed by atoms with Crippen LogP contribution < -0.4 is 9.47 Å². The van der Waals surface area contributed by atoms with Crippen LogP contribution in [-0.2, 0) is 0 Å². The highest BCUT2D eigenvalue weighted by Crippen LogP contribution is 2.31. The molecule has 4 nitrogen and oxygen atoms in total. The van der Waals surface area contributed by atoms with Crippen LogP contribution in [0.4, 0.5) is 0 Å². The molecule has 0 aliphatic carbocycles. The molecular formula is C9H10ClNO3. The first-order valence-electron chi connectivity index (χ1n) is 3.82. The van der Waals surface area contributed by atoms with E-state index in [1.165, 1.54) is 20.4 Å². The Balaban J connectivity index is 3.24. The Hall–Kier alpha value is -1.42. The number of hydrogen-bond acceptors (Lipinski definition) is 4. The number of benzene rings is 1. The largest absolute Gasteiger partial charge is 0.496 e. The summed E-state index contributed by atoms with van der Waals surface area (Å²) in [5.41, 5.74) is 0.584. The number of ether oxygens (including phenoxy) is 2. The first kappa shape index (κ1) is 10.7. The first-order chi connectivity index (χ1) is 6.72. The lowest BCUT2D eigenvalue weighted by molar-refractivity contribution is 0.321. The second-order valence-electron chi connectivity index (χ2n) is 2.47. The molecule has 0 fully saturated rings. The number of rotatable bonds is 3. The maximum absolute atomic E-state index is 8.40. The summed E-state index contributed by atoms with van der Waals surface area (Å²) in [5.74, 6) is 1.04. The average molecular weight is 216 g/mol. The molecule has 5 heteroatoms. The maximum atomic E-state index is 8.40. The van der Waals surface area contributed by atoms with Gasteiger partial charge in [-0.3, -0.25) is 0 Å². The van der Waals surface area contributed by atoms with E-state index in [4.69, 9.17) is 26.3 Å². The normalized spacial score (nSPS) is 10.5. The number of nitrogens with zero attached hydrogens (tertiary/aromatic N) is 1. The smallest absolute Gasteiger partial charge is 0.141 e. The van der Waals surface area contributed by atoms with Crippen molar-refractivity contribution in [2.75, 3.05) is 14.2 Å². The zero-order valence-corrected chi connectivity index (χ0v) is 8.58. The van der Waals surface area contributed by atoms with Crippen LogP contribution >= 0.6 is 11.6 Å². The highest BCUT2D eigenvalue weighted by molar-refractivity contribution is 6.32. The van der Waals surface area contributed by atoms with Crippen molar-refractivity contribution in [1.82, 2.24) is 0 Å². The van der Waals surface area contributed by atoms with Gasteiger partial charge in [-0.15, -0.1) is 0 Å². The Morgan fingerprint density at radius 3 is 2.43 bits per heavy atom. The monoisotopic (exact) mass is 215 g/mol. The molecule has 0 heterocycles. The van der Waals surface area contributed by atoms with Gasteiger partial charge in [0.05, 0.1) is 25.5 Å². The van der Waals surface area contributed by atoms with Crippen molar-refractivity contribution in [2.24, 2.45) is 5.16 Å². The molecule has 1 aromatic rings. The van der Waals surface area contributed by atoms with Crippen molar-refractivity contribution < 1.29 is 14.7 Å². The van der Waals surface area contributed by atoms with Crippen LogP contribution in [0, 0.1) is 0 Å². The van der Waals surface area contributed by atoms with Crippen molar-refractivity contribution in [3.63, 3.8) is 0 Å². The van der Waals surface area contributed by atoms with E-state index in [9.17, 15) is 0 Å². The number of oxime groups is 1. The molecule has 0 unspecified atom stereocenters. The van der Waals surface area contributed by atoms with E-state index in [1.54, 1.807) is 12.1 Å². The summed E-state index contributed by atoms with van der Waals surface area (Å²) >= 11 is 5.87. The van der Waals surface area contributed by atoms with Gasteiger partial charge in [-0.1, -0.05) is 16.8 Å². The Morgan fingerprint density at radius 2 is 1.93 bits per heavy atom. The molecular weight excluding hydrogens is 206 g/mol. The van der Waals surface area contributed by atoms with Crippen LogP contribution in [0.15, 0.2) is 17.3 Å². The van der Waals surface area contributed by atoms with Crippen LogP contribution in [-0.4, -0.2) is 25.6 Å². The highest BCUT2D eigenvalue weighted by atomic mass is 35.5. The molecule has 0 saturated carbocycles. The zero-order chi connectivity index (χ0) is 10.6. The second kappa shape index (κ2) is 4.72. The number of halogens is 1. The van der Waals surface area contributed by atoms with Crippen molar-refractivity contribution >= 4 is 17.8 Å². The molecule has 1 aromatic carbocycles. The van der Waals surface area contributed by atoms with Crippen LogP contribution in [0.1, 0.15) is 5.56 Å². The van der Waals surface area contributed by atoms with Crippen LogP contribution in [0.2, 0.25) is 5.02 Å². The average Bonchev–Trinajstić information content (AvgIpc) is 2.19. The fourth-order valence-electron chi connectivity index (χ4n) is 1.05. The predicted octanol–water partition coefficient (Wildman–Crippen LogP) is 2.17. The summed E-state index contributed by atoms with van der Waals surface area (Å²) in [6, 6.07) is 3.22. The summed E-state index contributed by atoms with van der Waals surface area (Å²) in [5, 5.41) is 11.7. The zero-order valence-electron chi connectivity index (χ0n) is 7.82. The third kappa shape index (κ3) is 2.09. The van der Waals surface area contributed by atoms with E-state index in [2.05, 4.69) is 5.16 Å². The fourth-order valence-corrected chi connectivity index (χ4v) is 1.30. The minimum Gasteiger partial charge on any atom is -0.496 e. The van der Waals surface area contributed by atoms with E-state index in [0.29, 0.717) is 22.1 Å². The Labute approximate surface area is 86.7 Å². The van der Waals surface area contributed by atoms with Gasteiger partial charge in [0, 0.05) is 11.6 Å². The molecule has 0 spiro atoms. The van der Waals surface area contributed by atoms with Gasteiger partial charge in [-0.25, -0.2) is 0 Å². The predicted molar refractivity (Wildman–Crippen MR) is 53.9 cm³/mol. The second-order valence-corrected chi connectivity index (χ2v) is 2.88. The molecule has 0 aromatic heterocycles. The third-order valence-corrected chi connectivity index (χ3v) is 2.00. The lowest BCUT2D eigenvalue weighted by Gasteiger charge is -2.08. The van der Waals surface area contributed by atoms with E-state index in [0.717, 1.165) is 0 Å². The highest BCUT2D eigenvalue weighted by Gasteiger charge is 2.07. The quantitative estimate of drug-likeness (QED) is 0.478. The van der Waals surface area contributed by atoms with Gasteiger partial charge >= 0.3 is 0 Å². The molecule has 0 radical (unpaired) electrons. The van der Waals surface area contributed by atoms with Crippen molar-refractivity contribution in [3.8, 4) is 11.5 Å². The standard InChI is InChI=1S/C9H10ClNO3/c1-13-8-4-9(14-2)7(10)3-6(8)5-11-12/h3-5,12H,1-2H3/b11-5+. The summed E-state index contributed by atoms with van der Waals surface area (Å²) in [6.45, 7) is 0. The summed E-state index contributed by atoms with van der Waals surface area (Å²) in [4.78, 5) is 0. The molecule has 14 heavy (non-hydrogen) atoms. The molecule has 0 aliphatic heterocycles. The van der Waals surface area contributed by atoms with E-state index >= 15 is 0 Å². The van der Waals surface area contributed by atoms with E-state index < -0.39 is 0 Å². The molecule has 0 atom stereocenters. The van der Waals surface area contributed by atoms with Gasteiger partial charge < -0.3 is 14.7 Å². The van der Waals surface area contributed by atoms with E-state index in [1.807, 2.05) is 0 Å². The van der Waals surface area contributed by atoms with Crippen LogP contribution in [0.3, 0.4) is 0 Å². The van der Waals surface area contributed by atoms with Gasteiger partial charge in [-0.05, 0) is 6.07 Å². The van der Waals surface area contributed by atoms with Gasteiger partial charge in [0.2, 0.25) is 0 Å². The molecule has 0 aliphatic rings. The third-order valence-electron chi connectivity index (χ3n) is 1.70. The van der Waals surface area contributed by atoms with Gasteiger partial charge in [0.1, 0.15) is 11.5 Å². The minimum atomic E-state index is 0.434. The van der Waals surface area contributed by atoms with Crippen molar-refractivity contribution in [3.05, 3.63) is 22.7 Å². The lowest BCUT2D eigenvalue weighted by atomic mass is 10.2. The molecule has 1 N–H and O–H groups in total. The van der Waals surface area contributed by atoms with Crippen molar-refractivity contribution in [1.29, 1.82) is 0 Å². The number of methoxy groups -OCH3 is 2. The SMILES string of the molecule is COc1cc(OC)c(/C=N/O)cc1Cl.